The van der Waals surface area contributed by atoms with E-state index in [9.17, 15) is 26.3 Å². The van der Waals surface area contributed by atoms with E-state index in [2.05, 4.69) is 24.5 Å². The third kappa shape index (κ3) is 8.70. The number of alkyl halides is 6. The van der Waals surface area contributed by atoms with E-state index in [0.29, 0.717) is 6.04 Å². The average molecular weight is 559 g/mol. The number of aryl methyl sites for hydroxylation is 3. The van der Waals surface area contributed by atoms with Gasteiger partial charge in [0.05, 0.1) is 31.0 Å². The number of fused-ring (bicyclic) bond motifs is 1. The Kier molecular flexibility index (Phi) is 10.3. The van der Waals surface area contributed by atoms with Gasteiger partial charge in [0.15, 0.2) is 0 Å². The maximum absolute atomic E-state index is 10.6. The van der Waals surface area contributed by atoms with Crippen molar-refractivity contribution in [3.8, 4) is 0 Å². The van der Waals surface area contributed by atoms with Crippen LogP contribution in [-0.2, 0) is 34.5 Å². The Balaban J connectivity index is 0.000000301. The molecule has 0 aromatic carbocycles. The fraction of sp³-hybridized carbons (Fsp3) is 0.619. The molecule has 0 radical (unpaired) electrons. The lowest BCUT2D eigenvalue weighted by Gasteiger charge is -2.36. The summed E-state index contributed by atoms with van der Waals surface area (Å²) in [5.74, 6) is -3.48. The van der Waals surface area contributed by atoms with Crippen LogP contribution >= 0.6 is 0 Å². The SMILES string of the molecule is Cc1noc(C)c1CN1CCO[C@H]2CN(Cc3nccn3C)C[C@H]21.O=C(O)C(F)(F)F.O=C(O)C(F)(F)F. The van der Waals surface area contributed by atoms with Gasteiger partial charge in [-0.2, -0.15) is 26.3 Å². The zero-order valence-electron chi connectivity index (χ0n) is 20.6. The highest BCUT2D eigenvalue weighted by atomic mass is 19.4. The summed E-state index contributed by atoms with van der Waals surface area (Å²) in [5, 5.41) is 18.3. The van der Waals surface area contributed by atoms with Crippen molar-refractivity contribution in [3.63, 3.8) is 0 Å². The molecule has 38 heavy (non-hydrogen) atoms. The van der Waals surface area contributed by atoms with Crippen LogP contribution in [0.25, 0.3) is 0 Å². The Morgan fingerprint density at radius 3 is 2.08 bits per heavy atom. The number of hydrogen-bond donors (Lipinski definition) is 2. The van der Waals surface area contributed by atoms with Gasteiger partial charge in [0.2, 0.25) is 0 Å². The molecule has 2 saturated heterocycles. The van der Waals surface area contributed by atoms with E-state index in [-0.39, 0.29) is 6.10 Å². The molecule has 214 valence electrons. The number of morpholine rings is 1. The van der Waals surface area contributed by atoms with Crippen molar-refractivity contribution in [2.45, 2.75) is 51.4 Å². The Hall–Kier alpha value is -3.18. The van der Waals surface area contributed by atoms with Crippen molar-refractivity contribution in [2.75, 3.05) is 26.2 Å². The number of hydrogen-bond acceptors (Lipinski definition) is 8. The number of aromatic nitrogens is 3. The number of carboxylic acids is 2. The molecule has 0 spiro atoms. The second-order valence-electron chi connectivity index (χ2n) is 8.50. The Bertz CT molecular complexity index is 1040. The second-order valence-corrected chi connectivity index (χ2v) is 8.50. The van der Waals surface area contributed by atoms with Gasteiger partial charge >= 0.3 is 24.3 Å². The van der Waals surface area contributed by atoms with Crippen LogP contribution in [0.15, 0.2) is 16.9 Å². The van der Waals surface area contributed by atoms with Gasteiger partial charge in [-0.15, -0.1) is 0 Å². The van der Waals surface area contributed by atoms with Gasteiger partial charge in [-0.3, -0.25) is 9.80 Å². The van der Waals surface area contributed by atoms with E-state index in [1.807, 2.05) is 33.3 Å². The van der Waals surface area contributed by atoms with Gasteiger partial charge < -0.3 is 24.0 Å². The lowest BCUT2D eigenvalue weighted by molar-refractivity contribution is -0.193. The first-order valence-corrected chi connectivity index (χ1v) is 11.1. The molecule has 0 unspecified atom stereocenters. The summed E-state index contributed by atoms with van der Waals surface area (Å²) in [6.45, 7) is 9.51. The topological polar surface area (TPSA) is 134 Å². The number of halogens is 6. The Morgan fingerprint density at radius 1 is 1.05 bits per heavy atom. The molecule has 2 aliphatic heterocycles. The smallest absolute Gasteiger partial charge is 0.475 e. The highest BCUT2D eigenvalue weighted by molar-refractivity contribution is 5.73. The molecule has 0 bridgehead atoms. The minimum Gasteiger partial charge on any atom is -0.475 e. The monoisotopic (exact) mass is 559 g/mol. The van der Waals surface area contributed by atoms with Crippen molar-refractivity contribution in [2.24, 2.45) is 7.05 Å². The number of imidazole rings is 1. The number of ether oxygens (including phenoxy) is 1. The number of nitrogens with zero attached hydrogens (tertiary/aromatic N) is 5. The predicted octanol–water partition coefficient (Wildman–Crippen LogP) is 2.38. The predicted molar refractivity (Wildman–Crippen MR) is 116 cm³/mol. The van der Waals surface area contributed by atoms with E-state index < -0.39 is 24.3 Å². The lowest BCUT2D eigenvalue weighted by Crippen LogP contribution is -2.50. The Labute approximate surface area is 212 Å². The van der Waals surface area contributed by atoms with E-state index in [1.54, 1.807) is 0 Å². The number of carbonyl (C=O) groups is 2. The van der Waals surface area contributed by atoms with E-state index in [0.717, 1.165) is 56.6 Å². The molecule has 0 saturated carbocycles. The first kappa shape index (κ1) is 31.0. The van der Waals surface area contributed by atoms with Crippen LogP contribution in [0.2, 0.25) is 0 Å². The zero-order chi connectivity index (χ0) is 28.8. The molecule has 0 aliphatic carbocycles. The quantitative estimate of drug-likeness (QED) is 0.538. The first-order chi connectivity index (χ1) is 17.5. The minimum absolute atomic E-state index is 0.277. The van der Waals surface area contributed by atoms with Crippen LogP contribution in [0.3, 0.4) is 0 Å². The number of aliphatic carboxylic acids is 2. The summed E-state index contributed by atoms with van der Waals surface area (Å²) < 4.78 is 76.9. The molecule has 2 N–H and O–H groups in total. The average Bonchev–Trinajstić information content (AvgIpc) is 3.49. The Morgan fingerprint density at radius 2 is 1.63 bits per heavy atom. The molecule has 2 fully saturated rings. The third-order valence-corrected chi connectivity index (χ3v) is 5.81. The van der Waals surface area contributed by atoms with Crippen LogP contribution in [0.5, 0.6) is 0 Å². The molecule has 2 atom stereocenters. The lowest BCUT2D eigenvalue weighted by atomic mass is 10.1. The molecule has 0 amide bonds. The van der Waals surface area contributed by atoms with Crippen LogP contribution in [-0.4, -0.2) is 97.4 Å². The maximum atomic E-state index is 10.6. The standard InChI is InChI=1S/C17H25N5O2.2C2HF3O2/c1-12-14(13(2)24-19-12)8-22-6-7-23-16-10-21(9-15(16)22)11-17-18-4-5-20(17)3;2*3-2(4,5)1(6)7/h4-5,15-16H,6-11H2,1-3H3;2*(H,6,7)/t15-,16+;;/m1../s1. The molecule has 4 heterocycles. The normalized spacial score (nSPS) is 20.1. The maximum Gasteiger partial charge on any atom is 0.490 e. The van der Waals surface area contributed by atoms with Gasteiger partial charge in [0.1, 0.15) is 11.6 Å². The summed E-state index contributed by atoms with van der Waals surface area (Å²) in [4.78, 5) is 27.2. The summed E-state index contributed by atoms with van der Waals surface area (Å²) in [6, 6.07) is 0.424. The third-order valence-electron chi connectivity index (χ3n) is 5.81. The molecule has 4 rings (SSSR count). The van der Waals surface area contributed by atoms with Gasteiger partial charge in [0.25, 0.3) is 0 Å². The van der Waals surface area contributed by atoms with Gasteiger partial charge in [-0.1, -0.05) is 5.16 Å². The fourth-order valence-electron chi connectivity index (χ4n) is 3.84. The summed E-state index contributed by atoms with van der Waals surface area (Å²) >= 11 is 0. The van der Waals surface area contributed by atoms with E-state index in [1.165, 1.54) is 5.56 Å². The van der Waals surface area contributed by atoms with Crippen LogP contribution < -0.4 is 0 Å². The number of carboxylic acid groups (broad SMARTS) is 2. The fourth-order valence-corrected chi connectivity index (χ4v) is 3.84. The van der Waals surface area contributed by atoms with Crippen molar-refractivity contribution in [1.29, 1.82) is 0 Å². The molecular weight excluding hydrogens is 532 g/mol. The summed E-state index contributed by atoms with van der Waals surface area (Å²) in [6.07, 6.45) is -6.03. The van der Waals surface area contributed by atoms with Crippen molar-refractivity contribution >= 4 is 11.9 Å². The summed E-state index contributed by atoms with van der Waals surface area (Å²) in [5.41, 5.74) is 2.22. The van der Waals surface area contributed by atoms with Crippen molar-refractivity contribution < 1.29 is 55.4 Å². The van der Waals surface area contributed by atoms with Gasteiger partial charge in [-0.25, -0.2) is 14.6 Å². The van der Waals surface area contributed by atoms with Gasteiger partial charge in [-0.05, 0) is 13.8 Å². The van der Waals surface area contributed by atoms with E-state index >= 15 is 0 Å². The summed E-state index contributed by atoms with van der Waals surface area (Å²) in [7, 11) is 2.05. The second kappa shape index (κ2) is 12.6. The van der Waals surface area contributed by atoms with Crippen LogP contribution in [0.1, 0.15) is 22.8 Å². The molecular formula is C21H27F6N5O6. The largest absolute Gasteiger partial charge is 0.490 e. The van der Waals surface area contributed by atoms with Gasteiger partial charge in [0, 0.05) is 51.2 Å². The van der Waals surface area contributed by atoms with Crippen molar-refractivity contribution in [3.05, 3.63) is 35.2 Å². The molecule has 2 aromatic rings. The molecule has 2 aromatic heterocycles. The van der Waals surface area contributed by atoms with E-state index in [4.69, 9.17) is 29.1 Å². The van der Waals surface area contributed by atoms with Crippen molar-refractivity contribution in [1.82, 2.24) is 24.5 Å². The number of likely N-dealkylation sites (tertiary alicyclic amines) is 1. The zero-order valence-corrected chi connectivity index (χ0v) is 20.6. The van der Waals surface area contributed by atoms with Crippen LogP contribution in [0, 0.1) is 13.8 Å². The minimum atomic E-state index is -5.08. The first-order valence-electron chi connectivity index (χ1n) is 11.1. The molecule has 2 aliphatic rings. The number of rotatable bonds is 4. The van der Waals surface area contributed by atoms with Crippen LogP contribution in [0.4, 0.5) is 26.3 Å². The highest BCUT2D eigenvalue weighted by Gasteiger charge is 2.41. The molecule has 11 nitrogen and oxygen atoms in total. The highest BCUT2D eigenvalue weighted by Crippen LogP contribution is 2.27. The molecule has 17 heteroatoms.